The molecule has 1 atom stereocenters. The van der Waals surface area contributed by atoms with E-state index in [0.29, 0.717) is 18.3 Å². The fourth-order valence-electron chi connectivity index (χ4n) is 1.87. The van der Waals surface area contributed by atoms with Gasteiger partial charge in [0.15, 0.2) is 5.16 Å². The van der Waals surface area contributed by atoms with Crippen molar-refractivity contribution >= 4 is 11.8 Å². The molecule has 1 fully saturated rings. The van der Waals surface area contributed by atoms with Crippen molar-refractivity contribution in [3.05, 3.63) is 5.82 Å². The normalized spacial score (nSPS) is 17.1. The van der Waals surface area contributed by atoms with Crippen LogP contribution in [0.3, 0.4) is 0 Å². The van der Waals surface area contributed by atoms with Crippen molar-refractivity contribution in [2.45, 2.75) is 63.4 Å². The standard InChI is InChI=1S/C13H23N3O2S/c1-4-16-12(10-5-6-10)14-15-13(16)19-8-11(17)7-18-9(2)3/h9-11,17H,4-8H2,1-3H3. The highest BCUT2D eigenvalue weighted by Crippen LogP contribution is 2.39. The number of ether oxygens (including phenoxy) is 1. The molecule has 5 nitrogen and oxygen atoms in total. The molecule has 0 amide bonds. The molecule has 19 heavy (non-hydrogen) atoms. The van der Waals surface area contributed by atoms with E-state index < -0.39 is 6.10 Å². The predicted octanol–water partition coefficient (Wildman–Crippen LogP) is 2.05. The van der Waals surface area contributed by atoms with E-state index in [0.717, 1.165) is 17.5 Å². The maximum atomic E-state index is 9.85. The first-order chi connectivity index (χ1) is 9.11. The largest absolute Gasteiger partial charge is 0.390 e. The van der Waals surface area contributed by atoms with Crippen molar-refractivity contribution in [3.63, 3.8) is 0 Å². The molecule has 2 rings (SSSR count). The van der Waals surface area contributed by atoms with Gasteiger partial charge in [0.05, 0.1) is 18.8 Å². The van der Waals surface area contributed by atoms with Crippen LogP contribution in [-0.2, 0) is 11.3 Å². The molecule has 1 aliphatic rings. The maximum Gasteiger partial charge on any atom is 0.191 e. The summed E-state index contributed by atoms with van der Waals surface area (Å²) in [5.41, 5.74) is 0. The lowest BCUT2D eigenvalue weighted by Gasteiger charge is -2.13. The quantitative estimate of drug-likeness (QED) is 0.741. The second-order valence-electron chi connectivity index (χ2n) is 5.21. The summed E-state index contributed by atoms with van der Waals surface area (Å²) in [5, 5.41) is 19.3. The van der Waals surface area contributed by atoms with Crippen LogP contribution in [0.5, 0.6) is 0 Å². The molecule has 0 spiro atoms. The number of thioether (sulfide) groups is 1. The molecule has 0 aromatic carbocycles. The zero-order valence-corrected chi connectivity index (χ0v) is 12.7. The number of aliphatic hydroxyl groups excluding tert-OH is 1. The van der Waals surface area contributed by atoms with Crippen LogP contribution in [0.2, 0.25) is 0 Å². The average molecular weight is 285 g/mol. The van der Waals surface area contributed by atoms with Gasteiger partial charge in [-0.05, 0) is 33.6 Å². The van der Waals surface area contributed by atoms with Crippen LogP contribution in [0.4, 0.5) is 0 Å². The Morgan fingerprint density at radius 1 is 1.42 bits per heavy atom. The van der Waals surface area contributed by atoms with E-state index in [2.05, 4.69) is 21.7 Å². The molecule has 1 aromatic heterocycles. The summed E-state index contributed by atoms with van der Waals surface area (Å²) in [6.07, 6.45) is 2.15. The summed E-state index contributed by atoms with van der Waals surface area (Å²) in [4.78, 5) is 0. The van der Waals surface area contributed by atoms with Crippen LogP contribution in [-0.4, -0.2) is 44.4 Å². The fourth-order valence-corrected chi connectivity index (χ4v) is 2.78. The van der Waals surface area contributed by atoms with Crippen molar-refractivity contribution in [1.82, 2.24) is 14.8 Å². The van der Waals surface area contributed by atoms with Gasteiger partial charge in [-0.2, -0.15) is 0 Å². The van der Waals surface area contributed by atoms with E-state index in [4.69, 9.17) is 4.74 Å². The number of aromatic nitrogens is 3. The van der Waals surface area contributed by atoms with Gasteiger partial charge in [-0.15, -0.1) is 10.2 Å². The minimum atomic E-state index is -0.459. The van der Waals surface area contributed by atoms with Gasteiger partial charge in [-0.3, -0.25) is 0 Å². The highest BCUT2D eigenvalue weighted by Gasteiger charge is 2.30. The summed E-state index contributed by atoms with van der Waals surface area (Å²) < 4.78 is 7.56. The first-order valence-electron chi connectivity index (χ1n) is 6.97. The van der Waals surface area contributed by atoms with Gasteiger partial charge in [-0.25, -0.2) is 0 Å². The summed E-state index contributed by atoms with van der Waals surface area (Å²) in [6, 6.07) is 0. The number of hydrogen-bond donors (Lipinski definition) is 1. The van der Waals surface area contributed by atoms with E-state index >= 15 is 0 Å². The van der Waals surface area contributed by atoms with Gasteiger partial charge < -0.3 is 14.4 Å². The zero-order chi connectivity index (χ0) is 13.8. The van der Waals surface area contributed by atoms with Crippen LogP contribution in [0.1, 0.15) is 45.4 Å². The second kappa shape index (κ2) is 6.72. The minimum absolute atomic E-state index is 0.153. The van der Waals surface area contributed by atoms with Gasteiger partial charge in [0.25, 0.3) is 0 Å². The number of hydrogen-bond acceptors (Lipinski definition) is 5. The zero-order valence-electron chi connectivity index (χ0n) is 11.9. The molecule has 1 aliphatic carbocycles. The lowest BCUT2D eigenvalue weighted by Crippen LogP contribution is -2.20. The Labute approximate surface area is 118 Å². The Morgan fingerprint density at radius 2 is 2.16 bits per heavy atom. The Balaban J connectivity index is 1.85. The Morgan fingerprint density at radius 3 is 2.74 bits per heavy atom. The van der Waals surface area contributed by atoms with E-state index in [-0.39, 0.29) is 6.10 Å². The first-order valence-corrected chi connectivity index (χ1v) is 7.96. The smallest absolute Gasteiger partial charge is 0.191 e. The van der Waals surface area contributed by atoms with Crippen LogP contribution < -0.4 is 0 Å². The topological polar surface area (TPSA) is 60.2 Å². The van der Waals surface area contributed by atoms with Crippen molar-refractivity contribution in [3.8, 4) is 0 Å². The molecule has 0 aliphatic heterocycles. The van der Waals surface area contributed by atoms with Gasteiger partial charge in [0.2, 0.25) is 0 Å². The second-order valence-corrected chi connectivity index (χ2v) is 6.19. The Hall–Kier alpha value is -0.590. The van der Waals surface area contributed by atoms with E-state index in [1.54, 1.807) is 11.8 Å². The number of aliphatic hydroxyl groups is 1. The number of rotatable bonds is 8. The summed E-state index contributed by atoms with van der Waals surface area (Å²) in [6.45, 7) is 7.31. The van der Waals surface area contributed by atoms with Crippen LogP contribution in [0, 0.1) is 0 Å². The van der Waals surface area contributed by atoms with Gasteiger partial charge in [0, 0.05) is 18.2 Å². The Bertz CT molecular complexity index is 405. The van der Waals surface area contributed by atoms with Crippen LogP contribution in [0.25, 0.3) is 0 Å². The van der Waals surface area contributed by atoms with Gasteiger partial charge in [-0.1, -0.05) is 11.8 Å². The lowest BCUT2D eigenvalue weighted by atomic mass is 10.4. The summed E-state index contributed by atoms with van der Waals surface area (Å²) >= 11 is 1.56. The third-order valence-corrected chi connectivity index (χ3v) is 4.14. The number of nitrogens with zero attached hydrogens (tertiary/aromatic N) is 3. The molecule has 108 valence electrons. The highest BCUT2D eigenvalue weighted by molar-refractivity contribution is 7.99. The maximum absolute atomic E-state index is 9.85. The molecular formula is C13H23N3O2S. The summed E-state index contributed by atoms with van der Waals surface area (Å²) in [5.74, 6) is 2.31. The fraction of sp³-hybridized carbons (Fsp3) is 0.846. The lowest BCUT2D eigenvalue weighted by molar-refractivity contribution is 0.0152. The van der Waals surface area contributed by atoms with Gasteiger partial charge >= 0.3 is 0 Å². The van der Waals surface area contributed by atoms with Crippen molar-refractivity contribution in [1.29, 1.82) is 0 Å². The minimum Gasteiger partial charge on any atom is -0.390 e. The Kier molecular flexibility index (Phi) is 5.24. The molecule has 1 aromatic rings. The molecule has 6 heteroatoms. The SMILES string of the molecule is CCn1c(SCC(O)COC(C)C)nnc1C1CC1. The molecule has 1 saturated carbocycles. The van der Waals surface area contributed by atoms with E-state index in [9.17, 15) is 5.11 Å². The monoisotopic (exact) mass is 285 g/mol. The van der Waals surface area contributed by atoms with Gasteiger partial charge in [0.1, 0.15) is 5.82 Å². The third kappa shape index (κ3) is 4.19. The molecule has 1 unspecified atom stereocenters. The van der Waals surface area contributed by atoms with Crippen LogP contribution >= 0.6 is 11.8 Å². The first kappa shape index (κ1) is 14.8. The van der Waals surface area contributed by atoms with Crippen molar-refractivity contribution < 1.29 is 9.84 Å². The molecule has 1 heterocycles. The van der Waals surface area contributed by atoms with E-state index in [1.807, 2.05) is 13.8 Å². The predicted molar refractivity (Wildman–Crippen MR) is 75.5 cm³/mol. The average Bonchev–Trinajstić information content (AvgIpc) is 3.14. The third-order valence-electron chi connectivity index (χ3n) is 3.03. The molecular weight excluding hydrogens is 262 g/mol. The summed E-state index contributed by atoms with van der Waals surface area (Å²) in [7, 11) is 0. The molecule has 0 saturated heterocycles. The molecule has 0 radical (unpaired) electrons. The van der Waals surface area contributed by atoms with E-state index in [1.165, 1.54) is 12.8 Å². The van der Waals surface area contributed by atoms with Crippen molar-refractivity contribution in [2.75, 3.05) is 12.4 Å². The van der Waals surface area contributed by atoms with Crippen LogP contribution in [0.15, 0.2) is 5.16 Å². The molecule has 1 N–H and O–H groups in total. The molecule has 0 bridgehead atoms. The highest BCUT2D eigenvalue weighted by atomic mass is 32.2. The van der Waals surface area contributed by atoms with Crippen molar-refractivity contribution in [2.24, 2.45) is 0 Å².